The van der Waals surface area contributed by atoms with Crippen molar-refractivity contribution in [2.75, 3.05) is 0 Å². The van der Waals surface area contributed by atoms with Crippen LogP contribution in [-0.2, 0) is 28.5 Å². The Hall–Kier alpha value is -1.96. The molecule has 7 atom stereocenters. The second-order valence-corrected chi connectivity index (χ2v) is 9.81. The lowest BCUT2D eigenvalue weighted by atomic mass is 9.73. The number of hydrogen-bond acceptors (Lipinski definition) is 7. The van der Waals surface area contributed by atoms with E-state index >= 15 is 0 Å². The second-order valence-electron chi connectivity index (χ2n) is 9.81. The Balaban J connectivity index is 1.80. The molecule has 0 unspecified atom stereocenters. The van der Waals surface area contributed by atoms with Gasteiger partial charge >= 0.3 is 11.9 Å². The minimum atomic E-state index is -1.03. The average Bonchev–Trinajstić information content (AvgIpc) is 3.60. The molecule has 1 N–H and O–H groups in total. The van der Waals surface area contributed by atoms with Crippen LogP contribution in [0.25, 0.3) is 0 Å². The maximum absolute atomic E-state index is 12.5. The molecular weight excluding hydrogens is 412 g/mol. The molecule has 2 saturated heterocycles. The van der Waals surface area contributed by atoms with E-state index in [1.54, 1.807) is 39.8 Å². The summed E-state index contributed by atoms with van der Waals surface area (Å²) in [6.45, 7) is 16.9. The van der Waals surface area contributed by atoms with Gasteiger partial charge in [0, 0.05) is 23.5 Å². The first kappa shape index (κ1) is 24.7. The number of allylic oxidation sites excluding steroid dienone is 2. The number of rotatable bonds is 8. The number of aliphatic hydroxyl groups excluding tert-OH is 1. The van der Waals surface area contributed by atoms with Crippen LogP contribution in [0, 0.1) is 5.92 Å². The van der Waals surface area contributed by atoms with Gasteiger partial charge in [-0.25, -0.2) is 9.59 Å². The highest BCUT2D eigenvalue weighted by atomic mass is 16.7. The summed E-state index contributed by atoms with van der Waals surface area (Å²) in [4.78, 5) is 24.9. The van der Waals surface area contributed by atoms with E-state index in [2.05, 4.69) is 6.58 Å². The molecule has 2 heterocycles. The summed E-state index contributed by atoms with van der Waals surface area (Å²) in [5.74, 6) is -1.37. The lowest BCUT2D eigenvalue weighted by molar-refractivity contribution is -0.159. The third kappa shape index (κ3) is 4.70. The Morgan fingerprint density at radius 3 is 2.22 bits per heavy atom. The van der Waals surface area contributed by atoms with E-state index in [-0.39, 0.29) is 17.8 Å². The van der Waals surface area contributed by atoms with Crippen LogP contribution in [0.15, 0.2) is 35.5 Å². The van der Waals surface area contributed by atoms with E-state index in [4.69, 9.17) is 18.9 Å². The highest BCUT2D eigenvalue weighted by Crippen LogP contribution is 2.53. The van der Waals surface area contributed by atoms with Gasteiger partial charge in [-0.3, -0.25) is 0 Å². The highest BCUT2D eigenvalue weighted by molar-refractivity contribution is 5.88. The third-order valence-electron chi connectivity index (χ3n) is 7.21. The van der Waals surface area contributed by atoms with Gasteiger partial charge in [0.1, 0.15) is 17.8 Å². The second kappa shape index (κ2) is 8.76. The molecule has 3 rings (SSSR count). The van der Waals surface area contributed by atoms with Gasteiger partial charge in [-0.15, -0.1) is 0 Å². The summed E-state index contributed by atoms with van der Waals surface area (Å²) in [7, 11) is 0. The number of esters is 2. The number of aliphatic hydroxyl groups is 1. The number of hydrogen-bond donors (Lipinski definition) is 1. The van der Waals surface area contributed by atoms with Crippen LogP contribution < -0.4 is 0 Å². The molecule has 0 aromatic rings. The summed E-state index contributed by atoms with van der Waals surface area (Å²) >= 11 is 0. The summed E-state index contributed by atoms with van der Waals surface area (Å²) in [5, 5.41) is 11.2. The van der Waals surface area contributed by atoms with Crippen LogP contribution in [0.2, 0.25) is 0 Å². The molecular formula is C25H36O7. The van der Waals surface area contributed by atoms with Crippen LogP contribution in [-0.4, -0.2) is 58.8 Å². The van der Waals surface area contributed by atoms with E-state index in [0.717, 1.165) is 0 Å². The molecule has 3 fully saturated rings. The van der Waals surface area contributed by atoms with Gasteiger partial charge in [-0.1, -0.05) is 18.7 Å². The van der Waals surface area contributed by atoms with Gasteiger partial charge in [0.05, 0.1) is 17.8 Å². The number of fused-ring (bicyclic) bond motifs is 1. The molecule has 1 aliphatic carbocycles. The Labute approximate surface area is 190 Å². The smallest absolute Gasteiger partial charge is 0.333 e. The molecule has 7 heteroatoms. The van der Waals surface area contributed by atoms with E-state index < -0.39 is 41.8 Å². The molecule has 32 heavy (non-hydrogen) atoms. The minimum Gasteiger partial charge on any atom is -0.454 e. The summed E-state index contributed by atoms with van der Waals surface area (Å²) in [5.41, 5.74) is 0.527. The Morgan fingerprint density at radius 2 is 1.69 bits per heavy atom. The topological polar surface area (TPSA) is 97.9 Å². The molecule has 178 valence electrons. The first-order valence-corrected chi connectivity index (χ1v) is 11.3. The molecule has 1 saturated carbocycles. The number of ether oxygens (including phenoxy) is 4. The predicted octanol–water partition coefficient (Wildman–Crippen LogP) is 3.40. The van der Waals surface area contributed by atoms with Crippen molar-refractivity contribution in [1.82, 2.24) is 0 Å². The number of epoxide rings is 2. The monoisotopic (exact) mass is 448 g/mol. The molecule has 0 aromatic heterocycles. The lowest BCUT2D eigenvalue weighted by Crippen LogP contribution is -2.52. The normalized spacial score (nSPS) is 36.6. The molecule has 0 aromatic carbocycles. The van der Waals surface area contributed by atoms with Crippen LogP contribution in [0.4, 0.5) is 0 Å². The number of carbonyl (C=O) groups is 2. The lowest BCUT2D eigenvalue weighted by Gasteiger charge is -2.38. The summed E-state index contributed by atoms with van der Waals surface area (Å²) in [6.07, 6.45) is 1.57. The van der Waals surface area contributed by atoms with E-state index in [0.29, 0.717) is 29.6 Å². The average molecular weight is 449 g/mol. The van der Waals surface area contributed by atoms with Gasteiger partial charge in [0.25, 0.3) is 0 Å². The van der Waals surface area contributed by atoms with Crippen molar-refractivity contribution >= 4 is 11.9 Å². The number of carbonyl (C=O) groups excluding carboxylic acids is 2. The quantitative estimate of drug-likeness (QED) is 0.263. The minimum absolute atomic E-state index is 0.0721. The van der Waals surface area contributed by atoms with Crippen LogP contribution in [0.5, 0.6) is 0 Å². The van der Waals surface area contributed by atoms with Crippen molar-refractivity contribution in [1.29, 1.82) is 0 Å². The van der Waals surface area contributed by atoms with Crippen molar-refractivity contribution in [2.24, 2.45) is 5.92 Å². The first-order chi connectivity index (χ1) is 14.9. The molecule has 0 amide bonds. The maximum Gasteiger partial charge on any atom is 0.333 e. The fourth-order valence-electron chi connectivity index (χ4n) is 4.32. The third-order valence-corrected chi connectivity index (χ3v) is 7.21. The summed E-state index contributed by atoms with van der Waals surface area (Å²) in [6, 6.07) is 0. The largest absolute Gasteiger partial charge is 0.454 e. The standard InChI is InChI=1S/C25H36O7/c1-9-13(3)22(27)29-17(12-18-24(6,7)31-18)15(5)16-11-19-25(8,32-19)21(20(16)26)30-23(28)14(4)10-2/h9-10,16-21,26H,5,11-12H2,1-4,6-8H3/b13-9-,14-10-/t16-,17-,18+,19-,20+,21+,25-/m0/s1. The van der Waals surface area contributed by atoms with Gasteiger partial charge in [-0.2, -0.15) is 0 Å². The van der Waals surface area contributed by atoms with Crippen LogP contribution in [0.3, 0.4) is 0 Å². The summed E-state index contributed by atoms with van der Waals surface area (Å²) < 4.78 is 23.0. The highest BCUT2D eigenvalue weighted by Gasteiger charge is 2.67. The Bertz CT molecular complexity index is 854. The molecule has 0 bridgehead atoms. The van der Waals surface area contributed by atoms with Crippen molar-refractivity contribution in [2.45, 2.75) is 103 Å². The van der Waals surface area contributed by atoms with Gasteiger partial charge in [0.15, 0.2) is 6.10 Å². The van der Waals surface area contributed by atoms with Gasteiger partial charge in [-0.05, 0) is 60.5 Å². The zero-order chi connectivity index (χ0) is 24.0. The van der Waals surface area contributed by atoms with Gasteiger partial charge < -0.3 is 24.1 Å². The predicted molar refractivity (Wildman–Crippen MR) is 119 cm³/mol. The van der Waals surface area contributed by atoms with Crippen molar-refractivity contribution in [3.63, 3.8) is 0 Å². The molecule has 7 nitrogen and oxygen atoms in total. The zero-order valence-electron chi connectivity index (χ0n) is 20.1. The zero-order valence-corrected chi connectivity index (χ0v) is 20.1. The molecule has 2 aliphatic heterocycles. The van der Waals surface area contributed by atoms with Crippen molar-refractivity contribution in [3.8, 4) is 0 Å². The van der Waals surface area contributed by atoms with Crippen molar-refractivity contribution in [3.05, 3.63) is 35.5 Å². The maximum atomic E-state index is 12.5. The van der Waals surface area contributed by atoms with Crippen LogP contribution >= 0.6 is 0 Å². The van der Waals surface area contributed by atoms with Crippen molar-refractivity contribution < 1.29 is 33.6 Å². The van der Waals surface area contributed by atoms with Gasteiger partial charge in [0.2, 0.25) is 0 Å². The molecule has 0 spiro atoms. The van der Waals surface area contributed by atoms with E-state index in [1.807, 2.05) is 20.8 Å². The van der Waals surface area contributed by atoms with E-state index in [9.17, 15) is 14.7 Å². The van der Waals surface area contributed by atoms with E-state index in [1.165, 1.54) is 0 Å². The fourth-order valence-corrected chi connectivity index (χ4v) is 4.32. The Kier molecular flexibility index (Phi) is 6.76. The molecule has 0 radical (unpaired) electrons. The Morgan fingerprint density at radius 1 is 1.12 bits per heavy atom. The first-order valence-electron chi connectivity index (χ1n) is 11.3. The molecule has 3 aliphatic rings. The van der Waals surface area contributed by atoms with Crippen LogP contribution in [0.1, 0.15) is 61.3 Å². The SMILES string of the molecule is C=C([C@H](C[C@H]1OC1(C)C)OC(=O)/C(C)=C\C)[C@@H]1C[C@@H]2O[C@]2(C)[C@H](OC(=O)/C(C)=C\C)[C@@H]1O. The fraction of sp³-hybridized carbons (Fsp3) is 0.680.